The fourth-order valence-electron chi connectivity index (χ4n) is 2.39. The van der Waals surface area contributed by atoms with Crippen LogP contribution in [0.2, 0.25) is 0 Å². The molecule has 1 amide bonds. The Morgan fingerprint density at radius 1 is 1.20 bits per heavy atom. The summed E-state index contributed by atoms with van der Waals surface area (Å²) in [5.74, 6) is 1.47. The van der Waals surface area contributed by atoms with Crippen molar-refractivity contribution in [2.75, 3.05) is 23.8 Å². The fraction of sp³-hybridized carbons (Fsp3) is 0.389. The van der Waals surface area contributed by atoms with Crippen molar-refractivity contribution in [2.45, 2.75) is 33.2 Å². The number of ether oxygens (including phenoxy) is 2. The van der Waals surface area contributed by atoms with E-state index in [0.717, 1.165) is 12.1 Å². The molecule has 0 radical (unpaired) electrons. The molecule has 1 unspecified atom stereocenters. The fourth-order valence-corrected chi connectivity index (χ4v) is 2.39. The second-order valence-corrected chi connectivity index (χ2v) is 5.98. The zero-order valence-electron chi connectivity index (χ0n) is 14.6. The van der Waals surface area contributed by atoms with Crippen LogP contribution in [0.4, 0.5) is 11.6 Å². The molecule has 25 heavy (non-hydrogen) atoms. The van der Waals surface area contributed by atoms with Crippen LogP contribution in [0.1, 0.15) is 36.5 Å². The van der Waals surface area contributed by atoms with Crippen molar-refractivity contribution in [3.05, 3.63) is 35.7 Å². The van der Waals surface area contributed by atoms with Crippen LogP contribution in [-0.2, 0) is 0 Å². The van der Waals surface area contributed by atoms with Crippen molar-refractivity contribution >= 4 is 17.5 Å². The van der Waals surface area contributed by atoms with Gasteiger partial charge in [0, 0.05) is 23.5 Å². The number of hydrogen-bond acceptors (Lipinski definition) is 6. The van der Waals surface area contributed by atoms with Crippen molar-refractivity contribution < 1.29 is 14.3 Å². The number of fused-ring (bicyclic) bond motifs is 1. The van der Waals surface area contributed by atoms with Gasteiger partial charge >= 0.3 is 0 Å². The smallest absolute Gasteiger partial charge is 0.274 e. The topological polar surface area (TPSA) is 85.4 Å². The van der Waals surface area contributed by atoms with Gasteiger partial charge in [0.05, 0.1) is 0 Å². The Labute approximate surface area is 146 Å². The molecule has 0 bridgehead atoms. The Balaban J connectivity index is 1.76. The Kier molecular flexibility index (Phi) is 5.02. The highest BCUT2D eigenvalue weighted by Gasteiger charge is 2.15. The number of amides is 1. The third kappa shape index (κ3) is 4.17. The molecule has 2 N–H and O–H groups in total. The zero-order valence-corrected chi connectivity index (χ0v) is 14.6. The highest BCUT2D eigenvalue weighted by atomic mass is 16.6. The molecule has 132 valence electrons. The van der Waals surface area contributed by atoms with Crippen LogP contribution in [0.3, 0.4) is 0 Å². The number of rotatable bonds is 5. The lowest BCUT2D eigenvalue weighted by molar-refractivity contribution is 0.102. The lowest BCUT2D eigenvalue weighted by Crippen LogP contribution is -2.20. The van der Waals surface area contributed by atoms with Gasteiger partial charge in [-0.05, 0) is 38.5 Å². The SMILES string of the molecule is CCC(C)Nc1nc(C)cc(C(=O)Nc2ccc3c(c2)OCCO3)n1. The minimum atomic E-state index is -0.297. The van der Waals surface area contributed by atoms with E-state index in [1.54, 1.807) is 24.3 Å². The van der Waals surface area contributed by atoms with Crippen LogP contribution < -0.4 is 20.1 Å². The first-order valence-electron chi connectivity index (χ1n) is 8.38. The van der Waals surface area contributed by atoms with Gasteiger partial charge in [0.25, 0.3) is 5.91 Å². The van der Waals surface area contributed by atoms with Crippen LogP contribution in [0.15, 0.2) is 24.3 Å². The van der Waals surface area contributed by atoms with Crippen molar-refractivity contribution in [3.63, 3.8) is 0 Å². The molecule has 7 nitrogen and oxygen atoms in total. The number of nitrogens with zero attached hydrogens (tertiary/aromatic N) is 2. The summed E-state index contributed by atoms with van der Waals surface area (Å²) in [6.07, 6.45) is 0.941. The maximum atomic E-state index is 12.5. The predicted molar refractivity (Wildman–Crippen MR) is 95.5 cm³/mol. The molecule has 2 aromatic rings. The highest BCUT2D eigenvalue weighted by molar-refractivity contribution is 6.03. The lowest BCUT2D eigenvalue weighted by atomic mass is 10.2. The van der Waals surface area contributed by atoms with Crippen LogP contribution >= 0.6 is 0 Å². The monoisotopic (exact) mass is 342 g/mol. The molecule has 1 aromatic heterocycles. The number of carbonyl (C=O) groups is 1. The number of hydrogen-bond donors (Lipinski definition) is 2. The summed E-state index contributed by atoms with van der Waals surface area (Å²) in [5, 5.41) is 6.03. The van der Waals surface area contributed by atoms with Crippen LogP contribution in [0.5, 0.6) is 11.5 Å². The van der Waals surface area contributed by atoms with E-state index in [4.69, 9.17) is 9.47 Å². The van der Waals surface area contributed by atoms with E-state index < -0.39 is 0 Å². The van der Waals surface area contributed by atoms with Crippen LogP contribution in [-0.4, -0.2) is 35.1 Å². The van der Waals surface area contributed by atoms with Gasteiger partial charge in [-0.2, -0.15) is 0 Å². The number of anilines is 2. The third-order valence-corrected chi connectivity index (χ3v) is 3.87. The normalized spacial score (nSPS) is 13.9. The number of carbonyl (C=O) groups excluding carboxylic acids is 1. The van der Waals surface area contributed by atoms with Gasteiger partial charge in [-0.3, -0.25) is 4.79 Å². The quantitative estimate of drug-likeness (QED) is 0.869. The van der Waals surface area contributed by atoms with Gasteiger partial charge in [0.15, 0.2) is 11.5 Å². The summed E-state index contributed by atoms with van der Waals surface area (Å²) >= 11 is 0. The first-order chi connectivity index (χ1) is 12.0. The number of nitrogens with one attached hydrogen (secondary N) is 2. The Hall–Kier alpha value is -2.83. The van der Waals surface area contributed by atoms with E-state index in [-0.39, 0.29) is 11.9 Å². The molecule has 2 heterocycles. The largest absolute Gasteiger partial charge is 0.486 e. The van der Waals surface area contributed by atoms with Gasteiger partial charge < -0.3 is 20.1 Å². The molecule has 1 atom stereocenters. The van der Waals surface area contributed by atoms with Crippen molar-refractivity contribution in [1.82, 2.24) is 9.97 Å². The zero-order chi connectivity index (χ0) is 17.8. The molecule has 1 aromatic carbocycles. The molecule has 0 fully saturated rings. The average Bonchev–Trinajstić information content (AvgIpc) is 2.61. The summed E-state index contributed by atoms with van der Waals surface area (Å²) in [6.45, 7) is 6.99. The molecular weight excluding hydrogens is 320 g/mol. The molecule has 3 rings (SSSR count). The maximum absolute atomic E-state index is 12.5. The second-order valence-electron chi connectivity index (χ2n) is 5.98. The summed E-state index contributed by atoms with van der Waals surface area (Å²) in [6, 6.07) is 7.20. The Morgan fingerprint density at radius 3 is 2.72 bits per heavy atom. The Morgan fingerprint density at radius 2 is 1.96 bits per heavy atom. The van der Waals surface area contributed by atoms with Gasteiger partial charge in [0.1, 0.15) is 18.9 Å². The highest BCUT2D eigenvalue weighted by Crippen LogP contribution is 2.32. The number of aryl methyl sites for hydroxylation is 1. The molecule has 7 heteroatoms. The first kappa shape index (κ1) is 17.0. The van der Waals surface area contributed by atoms with Gasteiger partial charge in [-0.15, -0.1) is 0 Å². The molecule has 0 spiro atoms. The van der Waals surface area contributed by atoms with E-state index in [1.165, 1.54) is 0 Å². The first-order valence-corrected chi connectivity index (χ1v) is 8.38. The van der Waals surface area contributed by atoms with Crippen LogP contribution in [0, 0.1) is 6.92 Å². The second kappa shape index (κ2) is 7.38. The summed E-state index contributed by atoms with van der Waals surface area (Å²) in [7, 11) is 0. The molecule has 1 aliphatic rings. The van der Waals surface area contributed by atoms with E-state index in [2.05, 4.69) is 27.5 Å². The Bertz CT molecular complexity index is 779. The van der Waals surface area contributed by atoms with Gasteiger partial charge in [0.2, 0.25) is 5.95 Å². The van der Waals surface area contributed by atoms with Gasteiger partial charge in [-0.25, -0.2) is 9.97 Å². The van der Waals surface area contributed by atoms with E-state index in [0.29, 0.717) is 42.0 Å². The molecule has 0 saturated heterocycles. The van der Waals surface area contributed by atoms with E-state index >= 15 is 0 Å². The number of benzene rings is 1. The molecule has 1 aliphatic heterocycles. The minimum absolute atomic E-state index is 0.232. The van der Waals surface area contributed by atoms with Crippen LogP contribution in [0.25, 0.3) is 0 Å². The third-order valence-electron chi connectivity index (χ3n) is 3.87. The summed E-state index contributed by atoms with van der Waals surface area (Å²) in [5.41, 5.74) is 1.67. The molecule has 0 aliphatic carbocycles. The van der Waals surface area contributed by atoms with Gasteiger partial charge in [-0.1, -0.05) is 6.92 Å². The van der Waals surface area contributed by atoms with E-state index in [9.17, 15) is 4.79 Å². The maximum Gasteiger partial charge on any atom is 0.274 e. The molecule has 0 saturated carbocycles. The lowest BCUT2D eigenvalue weighted by Gasteiger charge is -2.19. The predicted octanol–water partition coefficient (Wildman–Crippen LogP) is 3.02. The van der Waals surface area contributed by atoms with Crippen molar-refractivity contribution in [2.24, 2.45) is 0 Å². The number of aromatic nitrogens is 2. The standard InChI is InChI=1S/C18H22N4O3/c1-4-11(2)19-18-20-12(3)9-14(22-18)17(23)21-13-5-6-15-16(10-13)25-8-7-24-15/h5-6,9-11H,4,7-8H2,1-3H3,(H,21,23)(H,19,20,22). The summed E-state index contributed by atoms with van der Waals surface area (Å²) < 4.78 is 11.0. The van der Waals surface area contributed by atoms with Crippen molar-refractivity contribution in [3.8, 4) is 11.5 Å². The average molecular weight is 342 g/mol. The van der Waals surface area contributed by atoms with Crippen molar-refractivity contribution in [1.29, 1.82) is 0 Å². The minimum Gasteiger partial charge on any atom is -0.486 e. The van der Waals surface area contributed by atoms with E-state index in [1.807, 2.05) is 13.8 Å². The molecular formula is C18H22N4O3. The summed E-state index contributed by atoms with van der Waals surface area (Å²) in [4.78, 5) is 21.2.